The van der Waals surface area contributed by atoms with Gasteiger partial charge in [-0.05, 0) is 38.3 Å². The van der Waals surface area contributed by atoms with E-state index >= 15 is 0 Å². The number of rotatable bonds is 11. The Bertz CT molecular complexity index is 953. The van der Waals surface area contributed by atoms with Crippen LogP contribution in [0.15, 0.2) is 60.7 Å². The maximum absolute atomic E-state index is 12.9. The summed E-state index contributed by atoms with van der Waals surface area (Å²) >= 11 is 0. The second-order valence-corrected chi connectivity index (χ2v) is 9.64. The minimum absolute atomic E-state index is 0.130. The average molecular weight is 467 g/mol. The molecule has 0 spiro atoms. The van der Waals surface area contributed by atoms with Crippen LogP contribution < -0.4 is 21.7 Å². The lowest BCUT2D eigenvalue weighted by atomic mass is 9.84. The maximum atomic E-state index is 12.9. The summed E-state index contributed by atoms with van der Waals surface area (Å²) in [7, 11) is 0. The Morgan fingerprint density at radius 3 is 2.18 bits per heavy atom. The quantitative estimate of drug-likeness (QED) is 0.257. The van der Waals surface area contributed by atoms with Crippen molar-refractivity contribution in [2.24, 2.45) is 5.73 Å². The van der Waals surface area contributed by atoms with E-state index < -0.39 is 29.4 Å². The van der Waals surface area contributed by atoms with Crippen LogP contribution >= 0.6 is 0 Å². The number of carbonyl (C=O) groups is 1. The zero-order valence-electron chi connectivity index (χ0n) is 20.6. The van der Waals surface area contributed by atoms with E-state index in [0.29, 0.717) is 18.5 Å². The summed E-state index contributed by atoms with van der Waals surface area (Å²) in [6.45, 7) is 8.20. The van der Waals surface area contributed by atoms with Gasteiger partial charge in [-0.2, -0.15) is 0 Å². The van der Waals surface area contributed by atoms with Crippen molar-refractivity contribution in [2.75, 3.05) is 0 Å². The van der Waals surface area contributed by atoms with Gasteiger partial charge in [0.2, 0.25) is 0 Å². The molecule has 0 heterocycles. The lowest BCUT2D eigenvalue weighted by molar-refractivity contribution is 0.0256. The molecule has 6 N–H and O–H groups in total. The molecule has 0 fully saturated rings. The summed E-state index contributed by atoms with van der Waals surface area (Å²) < 4.78 is 0. The van der Waals surface area contributed by atoms with Gasteiger partial charge < -0.3 is 21.5 Å². The van der Waals surface area contributed by atoms with Crippen molar-refractivity contribution in [1.82, 2.24) is 16.0 Å². The van der Waals surface area contributed by atoms with E-state index in [1.54, 1.807) is 24.3 Å². The number of carbonyl (C=O) groups excluding carboxylic acids is 2. The van der Waals surface area contributed by atoms with Gasteiger partial charge in [0.1, 0.15) is 12.0 Å². The van der Waals surface area contributed by atoms with E-state index in [4.69, 9.17) is 5.73 Å². The third kappa shape index (κ3) is 8.12. The smallest absolute Gasteiger partial charge is 0.315 e. The molecule has 34 heavy (non-hydrogen) atoms. The molecule has 0 aliphatic heterocycles. The van der Waals surface area contributed by atoms with Crippen molar-refractivity contribution in [3.8, 4) is 0 Å². The summed E-state index contributed by atoms with van der Waals surface area (Å²) in [5.74, 6) is 1.95. The lowest BCUT2D eigenvalue weighted by Gasteiger charge is -2.44. The van der Waals surface area contributed by atoms with Crippen molar-refractivity contribution in [2.45, 2.75) is 76.8 Å². The molecule has 7 nitrogen and oxygen atoms in total. The molecule has 0 aliphatic carbocycles. The first-order valence-corrected chi connectivity index (χ1v) is 11.7. The van der Waals surface area contributed by atoms with Gasteiger partial charge in [-0.3, -0.25) is 5.32 Å². The predicted molar refractivity (Wildman–Crippen MR) is 136 cm³/mol. The SMILES string of the molecule is CCCCC(N)(NC(C)(C)C)C(O)C(NC(=O)NCc1ccccc1)C(=C=O)c1ccccc1. The second kappa shape index (κ2) is 12.5. The number of amides is 2. The fourth-order valence-electron chi connectivity index (χ4n) is 3.95. The molecule has 3 atom stereocenters. The number of unbranched alkanes of at least 4 members (excludes halogenated alkanes) is 1. The zero-order valence-corrected chi connectivity index (χ0v) is 20.6. The van der Waals surface area contributed by atoms with Crippen molar-refractivity contribution in [3.63, 3.8) is 0 Å². The number of benzene rings is 2. The first-order chi connectivity index (χ1) is 16.1. The Hall–Kier alpha value is -2.96. The van der Waals surface area contributed by atoms with Crippen LogP contribution in [0.1, 0.15) is 58.1 Å². The highest BCUT2D eigenvalue weighted by molar-refractivity contribution is 5.92. The molecule has 0 saturated carbocycles. The van der Waals surface area contributed by atoms with E-state index in [1.807, 2.05) is 70.0 Å². The van der Waals surface area contributed by atoms with Crippen LogP contribution in [0.25, 0.3) is 5.57 Å². The van der Waals surface area contributed by atoms with Crippen molar-refractivity contribution >= 4 is 17.5 Å². The van der Waals surface area contributed by atoms with E-state index in [0.717, 1.165) is 18.4 Å². The fourth-order valence-corrected chi connectivity index (χ4v) is 3.95. The number of aliphatic hydroxyl groups is 1. The number of nitrogens with two attached hydrogens (primary N) is 1. The molecular weight excluding hydrogens is 428 g/mol. The summed E-state index contributed by atoms with van der Waals surface area (Å²) in [5.41, 5.74) is 6.68. The van der Waals surface area contributed by atoms with E-state index in [9.17, 15) is 14.7 Å². The second-order valence-electron chi connectivity index (χ2n) is 9.64. The van der Waals surface area contributed by atoms with Crippen LogP contribution in [0, 0.1) is 0 Å². The Morgan fingerprint density at radius 1 is 1.06 bits per heavy atom. The summed E-state index contributed by atoms with van der Waals surface area (Å²) in [4.78, 5) is 25.0. The number of urea groups is 1. The molecule has 184 valence electrons. The molecule has 0 radical (unpaired) electrons. The van der Waals surface area contributed by atoms with E-state index in [2.05, 4.69) is 16.0 Å². The Balaban J connectivity index is 2.37. The Morgan fingerprint density at radius 2 is 1.65 bits per heavy atom. The normalized spacial score (nSPS) is 14.9. The van der Waals surface area contributed by atoms with Crippen LogP contribution in [0.5, 0.6) is 0 Å². The van der Waals surface area contributed by atoms with Crippen LogP contribution in [0.2, 0.25) is 0 Å². The van der Waals surface area contributed by atoms with Gasteiger partial charge in [-0.1, -0.05) is 80.4 Å². The highest BCUT2D eigenvalue weighted by atomic mass is 16.3. The Kier molecular flexibility index (Phi) is 10.0. The molecule has 2 rings (SSSR count). The van der Waals surface area contributed by atoms with Crippen LogP contribution in [-0.4, -0.2) is 40.4 Å². The zero-order chi connectivity index (χ0) is 25.2. The molecule has 2 amide bonds. The number of nitrogens with one attached hydrogen (secondary N) is 3. The molecule has 0 aliphatic rings. The van der Waals surface area contributed by atoms with Crippen LogP contribution in [0.3, 0.4) is 0 Å². The number of hydrogen-bond acceptors (Lipinski definition) is 5. The molecule has 0 saturated heterocycles. The highest BCUT2D eigenvalue weighted by Gasteiger charge is 2.43. The molecule has 0 bridgehead atoms. The van der Waals surface area contributed by atoms with Gasteiger partial charge in [0.15, 0.2) is 0 Å². The molecule has 7 heteroatoms. The number of aliphatic hydroxyl groups excluding tert-OH is 1. The number of hydrogen-bond donors (Lipinski definition) is 5. The third-order valence-electron chi connectivity index (χ3n) is 5.48. The van der Waals surface area contributed by atoms with Crippen LogP contribution in [-0.2, 0) is 11.3 Å². The minimum Gasteiger partial charge on any atom is -0.387 e. The molecule has 2 aromatic rings. The minimum atomic E-state index is -1.31. The monoisotopic (exact) mass is 466 g/mol. The lowest BCUT2D eigenvalue weighted by Crippen LogP contribution is -2.71. The molecule has 0 aromatic heterocycles. The highest BCUT2D eigenvalue weighted by Crippen LogP contribution is 2.26. The summed E-state index contributed by atoms with van der Waals surface area (Å²) in [5, 5.41) is 20.5. The first-order valence-electron chi connectivity index (χ1n) is 11.7. The molecular formula is C27H38N4O3. The molecule has 2 aromatic carbocycles. The van der Waals surface area contributed by atoms with E-state index in [-0.39, 0.29) is 5.57 Å². The average Bonchev–Trinajstić information content (AvgIpc) is 2.81. The summed E-state index contributed by atoms with van der Waals surface area (Å²) in [6, 6.07) is 16.7. The molecule has 3 unspecified atom stereocenters. The van der Waals surface area contributed by atoms with Gasteiger partial charge in [0.25, 0.3) is 0 Å². The van der Waals surface area contributed by atoms with Gasteiger partial charge >= 0.3 is 6.03 Å². The van der Waals surface area contributed by atoms with Gasteiger partial charge in [-0.25, -0.2) is 9.59 Å². The topological polar surface area (TPSA) is 116 Å². The standard InChI is InChI=1S/C27H38N4O3/c1-5-6-17-27(28,31-26(2,3)4)24(33)23(22(19-32)21-15-11-8-12-16-21)30-25(34)29-18-20-13-9-7-10-14-20/h7-16,23-24,31,33H,5-6,17-18,28H2,1-4H3,(H2,29,30,34). The van der Waals surface area contributed by atoms with Crippen LogP contribution in [0.4, 0.5) is 4.79 Å². The van der Waals surface area contributed by atoms with Crippen molar-refractivity contribution in [1.29, 1.82) is 0 Å². The van der Waals surface area contributed by atoms with Crippen molar-refractivity contribution < 1.29 is 14.7 Å². The van der Waals surface area contributed by atoms with Gasteiger partial charge in [0, 0.05) is 12.1 Å². The van der Waals surface area contributed by atoms with Gasteiger partial charge in [-0.15, -0.1) is 0 Å². The van der Waals surface area contributed by atoms with Gasteiger partial charge in [0.05, 0.1) is 17.3 Å². The van der Waals surface area contributed by atoms with Crippen molar-refractivity contribution in [3.05, 3.63) is 71.8 Å². The summed E-state index contributed by atoms with van der Waals surface area (Å²) in [6.07, 6.45) is 0.779. The Labute approximate surface area is 202 Å². The first kappa shape index (κ1) is 27.3. The third-order valence-corrected chi connectivity index (χ3v) is 5.48. The predicted octanol–water partition coefficient (Wildman–Crippen LogP) is 3.36. The largest absolute Gasteiger partial charge is 0.387 e. The fraction of sp³-hybridized carbons (Fsp3) is 0.444. The maximum Gasteiger partial charge on any atom is 0.315 e. The van der Waals surface area contributed by atoms with E-state index in [1.165, 1.54) is 0 Å².